The summed E-state index contributed by atoms with van der Waals surface area (Å²) in [4.78, 5) is 0. The summed E-state index contributed by atoms with van der Waals surface area (Å²) < 4.78 is 5.49. The second-order valence-electron chi connectivity index (χ2n) is 2.53. The van der Waals surface area contributed by atoms with Crippen molar-refractivity contribution in [2.45, 2.75) is 31.5 Å². The zero-order valence-electron chi connectivity index (χ0n) is 4.84. The van der Waals surface area contributed by atoms with E-state index in [4.69, 9.17) is 4.74 Å². The summed E-state index contributed by atoms with van der Waals surface area (Å²) in [6.45, 7) is 0. The highest BCUT2D eigenvalue weighted by Gasteiger charge is 2.22. The highest BCUT2D eigenvalue weighted by Crippen LogP contribution is 2.25. The van der Waals surface area contributed by atoms with Crippen LogP contribution in [0.2, 0.25) is 0 Å². The lowest BCUT2D eigenvalue weighted by atomic mass is 10.1. The largest absolute Gasteiger partial charge is 0.367 e. The quantitative estimate of drug-likeness (QED) is 0.429. The fraction of sp³-hybridized carbons (Fsp3) is 0.714. The van der Waals surface area contributed by atoms with Crippen LogP contribution in [0.5, 0.6) is 0 Å². The van der Waals surface area contributed by atoms with Crippen LogP contribution in [0.15, 0.2) is 12.2 Å². The molecule has 0 spiro atoms. The van der Waals surface area contributed by atoms with E-state index >= 15 is 0 Å². The van der Waals surface area contributed by atoms with Crippen LogP contribution in [-0.4, -0.2) is 12.2 Å². The monoisotopic (exact) mass is 110 g/mol. The summed E-state index contributed by atoms with van der Waals surface area (Å²) in [5.41, 5.74) is 0. The average Bonchev–Trinajstić information content (AvgIpc) is 2.12. The molecule has 1 fully saturated rings. The van der Waals surface area contributed by atoms with Crippen LogP contribution in [0.1, 0.15) is 19.3 Å². The van der Waals surface area contributed by atoms with Crippen molar-refractivity contribution >= 4 is 0 Å². The summed E-state index contributed by atoms with van der Waals surface area (Å²) >= 11 is 0. The molecule has 2 aliphatic rings. The van der Waals surface area contributed by atoms with Crippen molar-refractivity contribution in [1.29, 1.82) is 0 Å². The van der Waals surface area contributed by atoms with E-state index in [0.717, 1.165) is 0 Å². The first-order valence-electron chi connectivity index (χ1n) is 3.29. The average molecular weight is 110 g/mol. The predicted octanol–water partition coefficient (Wildman–Crippen LogP) is 1.49. The van der Waals surface area contributed by atoms with Gasteiger partial charge in [-0.25, -0.2) is 0 Å². The van der Waals surface area contributed by atoms with Crippen molar-refractivity contribution in [2.75, 3.05) is 0 Å². The summed E-state index contributed by atoms with van der Waals surface area (Å²) in [5.74, 6) is 0. The molecule has 2 atom stereocenters. The Hall–Kier alpha value is -0.300. The number of ether oxygens (including phenoxy) is 1. The normalized spacial score (nSPS) is 43.0. The lowest BCUT2D eigenvalue weighted by Crippen LogP contribution is -2.17. The molecule has 2 aliphatic heterocycles. The maximum Gasteiger partial charge on any atom is 0.0764 e. The predicted molar refractivity (Wildman–Crippen MR) is 31.7 cm³/mol. The first-order valence-corrected chi connectivity index (χ1v) is 3.29. The van der Waals surface area contributed by atoms with Crippen LogP contribution in [0.3, 0.4) is 0 Å². The number of hydrogen-bond donors (Lipinski definition) is 0. The molecule has 1 saturated heterocycles. The smallest absolute Gasteiger partial charge is 0.0764 e. The van der Waals surface area contributed by atoms with Crippen molar-refractivity contribution in [3.05, 3.63) is 12.2 Å². The molecule has 8 heavy (non-hydrogen) atoms. The molecule has 0 N–H and O–H groups in total. The second-order valence-corrected chi connectivity index (χ2v) is 2.53. The molecule has 0 unspecified atom stereocenters. The summed E-state index contributed by atoms with van der Waals surface area (Å²) in [7, 11) is 0. The SMILES string of the molecule is C1=C[C@H]2CCC[C@@H]1O2. The van der Waals surface area contributed by atoms with E-state index in [1.807, 2.05) is 0 Å². The third-order valence-corrected chi connectivity index (χ3v) is 1.87. The van der Waals surface area contributed by atoms with E-state index in [2.05, 4.69) is 12.2 Å². The van der Waals surface area contributed by atoms with Gasteiger partial charge >= 0.3 is 0 Å². The van der Waals surface area contributed by atoms with Crippen molar-refractivity contribution in [1.82, 2.24) is 0 Å². The Bertz CT molecular complexity index is 106. The zero-order valence-corrected chi connectivity index (χ0v) is 4.84. The molecule has 0 aliphatic carbocycles. The van der Waals surface area contributed by atoms with Crippen molar-refractivity contribution in [3.8, 4) is 0 Å². The molecule has 0 aromatic carbocycles. The molecule has 1 nitrogen and oxygen atoms in total. The summed E-state index contributed by atoms with van der Waals surface area (Å²) in [5, 5.41) is 0. The molecular formula is C7H10O. The molecule has 44 valence electrons. The summed E-state index contributed by atoms with van der Waals surface area (Å²) in [6, 6.07) is 0. The van der Waals surface area contributed by atoms with Gasteiger partial charge in [-0.15, -0.1) is 0 Å². The van der Waals surface area contributed by atoms with Gasteiger partial charge in [-0.1, -0.05) is 12.2 Å². The number of fused-ring (bicyclic) bond motifs is 2. The van der Waals surface area contributed by atoms with Gasteiger partial charge in [0, 0.05) is 0 Å². The van der Waals surface area contributed by atoms with Gasteiger partial charge in [-0.2, -0.15) is 0 Å². The van der Waals surface area contributed by atoms with Gasteiger partial charge < -0.3 is 4.74 Å². The molecule has 0 radical (unpaired) electrons. The van der Waals surface area contributed by atoms with E-state index < -0.39 is 0 Å². The third kappa shape index (κ3) is 0.583. The number of rotatable bonds is 0. The molecule has 0 aromatic rings. The Morgan fingerprint density at radius 2 is 1.75 bits per heavy atom. The van der Waals surface area contributed by atoms with Crippen molar-refractivity contribution in [3.63, 3.8) is 0 Å². The Morgan fingerprint density at radius 3 is 2.25 bits per heavy atom. The number of hydrogen-bond acceptors (Lipinski definition) is 1. The molecule has 2 bridgehead atoms. The molecule has 0 aromatic heterocycles. The molecule has 2 rings (SSSR count). The molecule has 0 amide bonds. The summed E-state index contributed by atoms with van der Waals surface area (Å²) in [6.07, 6.45) is 9.18. The highest BCUT2D eigenvalue weighted by molar-refractivity contribution is 5.04. The zero-order chi connectivity index (χ0) is 5.40. The highest BCUT2D eigenvalue weighted by atomic mass is 16.5. The minimum absolute atomic E-state index is 0.480. The van der Waals surface area contributed by atoms with Crippen LogP contribution in [-0.2, 0) is 4.74 Å². The fourth-order valence-corrected chi connectivity index (χ4v) is 1.41. The first kappa shape index (κ1) is 4.57. The van der Waals surface area contributed by atoms with Crippen LogP contribution in [0.4, 0.5) is 0 Å². The van der Waals surface area contributed by atoms with Gasteiger partial charge in [0.2, 0.25) is 0 Å². The molecule has 0 saturated carbocycles. The van der Waals surface area contributed by atoms with Gasteiger partial charge in [0.15, 0.2) is 0 Å². The topological polar surface area (TPSA) is 9.23 Å². The van der Waals surface area contributed by atoms with E-state index in [-0.39, 0.29) is 0 Å². The van der Waals surface area contributed by atoms with E-state index in [0.29, 0.717) is 12.2 Å². The van der Waals surface area contributed by atoms with E-state index in [9.17, 15) is 0 Å². The van der Waals surface area contributed by atoms with Crippen molar-refractivity contribution in [2.24, 2.45) is 0 Å². The maximum atomic E-state index is 5.49. The van der Waals surface area contributed by atoms with Gasteiger partial charge in [0.1, 0.15) is 0 Å². The van der Waals surface area contributed by atoms with Crippen LogP contribution in [0.25, 0.3) is 0 Å². The standard InChI is InChI=1S/C7H10O/c1-2-6-4-5-7(3-1)8-6/h4-7H,1-3H2/t6-,7+. The van der Waals surface area contributed by atoms with E-state index in [1.165, 1.54) is 19.3 Å². The third-order valence-electron chi connectivity index (χ3n) is 1.87. The van der Waals surface area contributed by atoms with Gasteiger partial charge in [-0.3, -0.25) is 0 Å². The molecule has 2 heterocycles. The van der Waals surface area contributed by atoms with Gasteiger partial charge in [-0.05, 0) is 19.3 Å². The lowest BCUT2D eigenvalue weighted by Gasteiger charge is -2.19. The Labute approximate surface area is 49.3 Å². The molecular weight excluding hydrogens is 100 g/mol. The van der Waals surface area contributed by atoms with Gasteiger partial charge in [0.25, 0.3) is 0 Å². The van der Waals surface area contributed by atoms with E-state index in [1.54, 1.807) is 0 Å². The Balaban J connectivity index is 2.13. The van der Waals surface area contributed by atoms with Crippen molar-refractivity contribution < 1.29 is 4.74 Å². The fourth-order valence-electron chi connectivity index (χ4n) is 1.41. The lowest BCUT2D eigenvalue weighted by molar-refractivity contribution is 0.0206. The minimum atomic E-state index is 0.480. The van der Waals surface area contributed by atoms with Crippen LogP contribution < -0.4 is 0 Å². The van der Waals surface area contributed by atoms with Crippen LogP contribution in [0, 0.1) is 0 Å². The maximum absolute atomic E-state index is 5.49. The Kier molecular flexibility index (Phi) is 0.908. The second kappa shape index (κ2) is 1.59. The first-order chi connectivity index (χ1) is 3.95. The Morgan fingerprint density at radius 1 is 1.12 bits per heavy atom. The van der Waals surface area contributed by atoms with Crippen LogP contribution >= 0.6 is 0 Å². The van der Waals surface area contributed by atoms with Gasteiger partial charge in [0.05, 0.1) is 12.2 Å². The molecule has 1 heteroatoms. The minimum Gasteiger partial charge on any atom is -0.367 e.